The fourth-order valence-electron chi connectivity index (χ4n) is 2.88. The Morgan fingerprint density at radius 3 is 2.59 bits per heavy atom. The van der Waals surface area contributed by atoms with Crippen LogP contribution >= 0.6 is 0 Å². The van der Waals surface area contributed by atoms with Gasteiger partial charge in [0.1, 0.15) is 5.82 Å². The highest BCUT2D eigenvalue weighted by Gasteiger charge is 2.24. The Morgan fingerprint density at radius 1 is 1.26 bits per heavy atom. The maximum Gasteiger partial charge on any atom is 0.513 e. The molecule has 0 saturated heterocycles. The van der Waals surface area contributed by atoms with Crippen molar-refractivity contribution >= 4 is 28.9 Å². The molecule has 10 heteroatoms. The molecule has 10 nitrogen and oxygen atoms in total. The number of nitrogens with zero attached hydrogens (tertiary/aromatic N) is 2. The summed E-state index contributed by atoms with van der Waals surface area (Å²) in [7, 11) is 2.94. The summed E-state index contributed by atoms with van der Waals surface area (Å²) in [4.78, 5) is 18.9. The molecule has 27 heavy (non-hydrogen) atoms. The van der Waals surface area contributed by atoms with Crippen LogP contribution in [-0.4, -0.2) is 35.4 Å². The van der Waals surface area contributed by atoms with Crippen molar-refractivity contribution in [2.75, 3.05) is 25.7 Å². The van der Waals surface area contributed by atoms with E-state index in [9.17, 15) is 4.79 Å². The fourth-order valence-corrected chi connectivity index (χ4v) is 2.88. The highest BCUT2D eigenvalue weighted by molar-refractivity contribution is 5.94. The second kappa shape index (κ2) is 6.90. The molecule has 0 unspecified atom stereocenters. The van der Waals surface area contributed by atoms with Crippen molar-refractivity contribution in [3.8, 4) is 17.4 Å². The Morgan fingerprint density at radius 2 is 2.00 bits per heavy atom. The van der Waals surface area contributed by atoms with Crippen LogP contribution < -0.4 is 25.7 Å². The van der Waals surface area contributed by atoms with Crippen molar-refractivity contribution in [3.63, 3.8) is 0 Å². The van der Waals surface area contributed by atoms with E-state index >= 15 is 0 Å². The standard InChI is InChI=1S/C17H18N4O6/c1-7-11-8(4-9-6-20-16(19)21-14(9)18)5-10(24-2)12(25-3)13(11)26-15(7)27-17(22)23/h5-6H,4H2,1-3H3,(H,22,23)(H4,18,19,20,21). The average Bonchev–Trinajstić information content (AvgIpc) is 2.93. The van der Waals surface area contributed by atoms with E-state index in [1.54, 1.807) is 13.0 Å². The van der Waals surface area contributed by atoms with Crippen LogP contribution in [0.2, 0.25) is 0 Å². The number of hydrogen-bond donors (Lipinski definition) is 3. The number of methoxy groups -OCH3 is 2. The van der Waals surface area contributed by atoms with E-state index in [2.05, 4.69) is 9.97 Å². The zero-order valence-electron chi connectivity index (χ0n) is 14.9. The van der Waals surface area contributed by atoms with E-state index < -0.39 is 6.16 Å². The molecule has 0 fully saturated rings. The van der Waals surface area contributed by atoms with Gasteiger partial charge in [-0.1, -0.05) is 0 Å². The summed E-state index contributed by atoms with van der Waals surface area (Å²) in [6.07, 6.45) is 0.376. The molecule has 3 aromatic rings. The highest BCUT2D eigenvalue weighted by Crippen LogP contribution is 2.44. The Bertz CT molecular complexity index is 1030. The van der Waals surface area contributed by atoms with Crippen LogP contribution in [0, 0.1) is 6.92 Å². The molecule has 2 aromatic heterocycles. The molecule has 142 valence electrons. The number of anilines is 2. The number of benzene rings is 1. The van der Waals surface area contributed by atoms with Crippen LogP contribution in [0.15, 0.2) is 16.7 Å². The molecule has 0 aliphatic carbocycles. The van der Waals surface area contributed by atoms with Gasteiger partial charge in [0.25, 0.3) is 5.95 Å². The van der Waals surface area contributed by atoms with Crippen molar-refractivity contribution in [2.45, 2.75) is 13.3 Å². The molecule has 5 N–H and O–H groups in total. The predicted octanol–water partition coefficient (Wildman–Crippen LogP) is 2.36. The third-order valence-electron chi connectivity index (χ3n) is 4.06. The summed E-state index contributed by atoms with van der Waals surface area (Å²) >= 11 is 0. The van der Waals surface area contributed by atoms with E-state index in [1.165, 1.54) is 20.4 Å². The van der Waals surface area contributed by atoms with E-state index in [4.69, 9.17) is 35.2 Å². The molecular weight excluding hydrogens is 356 g/mol. The highest BCUT2D eigenvalue weighted by atomic mass is 16.7. The lowest BCUT2D eigenvalue weighted by Crippen LogP contribution is -2.05. The van der Waals surface area contributed by atoms with E-state index in [0.717, 1.165) is 5.56 Å². The molecule has 0 radical (unpaired) electrons. The van der Waals surface area contributed by atoms with Gasteiger partial charge in [-0.05, 0) is 18.6 Å². The van der Waals surface area contributed by atoms with Gasteiger partial charge in [-0.15, -0.1) is 0 Å². The Balaban J connectivity index is 2.24. The molecule has 3 rings (SSSR count). The number of fused-ring (bicyclic) bond motifs is 1. The van der Waals surface area contributed by atoms with Gasteiger partial charge in [0.05, 0.1) is 14.2 Å². The smallest absolute Gasteiger partial charge is 0.493 e. The fraction of sp³-hybridized carbons (Fsp3) is 0.235. The average molecular weight is 374 g/mol. The van der Waals surface area contributed by atoms with Crippen molar-refractivity contribution < 1.29 is 28.5 Å². The largest absolute Gasteiger partial charge is 0.513 e. The van der Waals surface area contributed by atoms with E-state index in [0.29, 0.717) is 40.0 Å². The zero-order chi connectivity index (χ0) is 19.7. The number of nitrogens with two attached hydrogens (primary N) is 2. The number of ether oxygens (including phenoxy) is 3. The van der Waals surface area contributed by atoms with Gasteiger partial charge < -0.3 is 35.2 Å². The number of hydrogen-bond acceptors (Lipinski definition) is 9. The SMILES string of the molecule is COc1cc(Cc2cnc(N)nc2N)c2c(C)c(OC(=O)O)oc2c1OC. The number of aromatic nitrogens is 2. The molecule has 0 saturated carbocycles. The normalized spacial score (nSPS) is 10.8. The minimum atomic E-state index is -1.49. The Kier molecular flexibility index (Phi) is 4.63. The number of carbonyl (C=O) groups is 1. The van der Waals surface area contributed by atoms with Gasteiger partial charge in [0.2, 0.25) is 11.7 Å². The van der Waals surface area contributed by atoms with Crippen LogP contribution in [0.3, 0.4) is 0 Å². The van der Waals surface area contributed by atoms with Crippen molar-refractivity contribution in [1.29, 1.82) is 0 Å². The van der Waals surface area contributed by atoms with Gasteiger partial charge in [0.15, 0.2) is 11.3 Å². The first-order chi connectivity index (χ1) is 12.8. The minimum absolute atomic E-state index is 0.0744. The summed E-state index contributed by atoms with van der Waals surface area (Å²) in [5.74, 6) is 0.900. The first kappa shape index (κ1) is 18.1. The molecule has 1 aromatic carbocycles. The summed E-state index contributed by atoms with van der Waals surface area (Å²) in [6.45, 7) is 1.68. The van der Waals surface area contributed by atoms with Crippen molar-refractivity contribution in [2.24, 2.45) is 0 Å². The molecule has 0 bridgehead atoms. The lowest BCUT2D eigenvalue weighted by molar-refractivity contribution is 0.133. The molecule has 0 atom stereocenters. The lowest BCUT2D eigenvalue weighted by atomic mass is 9.99. The minimum Gasteiger partial charge on any atom is -0.493 e. The van der Waals surface area contributed by atoms with E-state index in [1.807, 2.05) is 0 Å². The molecule has 0 aliphatic heterocycles. The zero-order valence-corrected chi connectivity index (χ0v) is 14.9. The maximum absolute atomic E-state index is 10.9. The van der Waals surface area contributed by atoms with Gasteiger partial charge in [0, 0.05) is 29.1 Å². The van der Waals surface area contributed by atoms with Crippen LogP contribution in [-0.2, 0) is 6.42 Å². The molecule has 2 heterocycles. The molecular formula is C17H18N4O6. The summed E-state index contributed by atoms with van der Waals surface area (Å²) < 4.78 is 21.1. The predicted molar refractivity (Wildman–Crippen MR) is 96.4 cm³/mol. The number of furan rings is 1. The quantitative estimate of drug-likeness (QED) is 0.566. The van der Waals surface area contributed by atoms with Crippen molar-refractivity contribution in [1.82, 2.24) is 9.97 Å². The summed E-state index contributed by atoms with van der Waals surface area (Å²) in [6, 6.07) is 1.75. The summed E-state index contributed by atoms with van der Waals surface area (Å²) in [5, 5.41) is 9.55. The van der Waals surface area contributed by atoms with Crippen LogP contribution in [0.25, 0.3) is 11.0 Å². The Labute approximate surface area is 153 Å². The topological polar surface area (TPSA) is 156 Å². The van der Waals surface area contributed by atoms with Gasteiger partial charge in [-0.2, -0.15) is 4.98 Å². The number of aryl methyl sites for hydroxylation is 1. The van der Waals surface area contributed by atoms with Crippen LogP contribution in [0.4, 0.5) is 16.6 Å². The monoisotopic (exact) mass is 374 g/mol. The second-order valence-corrected chi connectivity index (χ2v) is 5.67. The maximum atomic E-state index is 10.9. The van der Waals surface area contributed by atoms with Crippen molar-refractivity contribution in [3.05, 3.63) is 29.0 Å². The van der Waals surface area contributed by atoms with Gasteiger partial charge in [-0.25, -0.2) is 9.78 Å². The van der Waals surface area contributed by atoms with E-state index in [-0.39, 0.29) is 17.7 Å². The van der Waals surface area contributed by atoms with Crippen LogP contribution in [0.1, 0.15) is 16.7 Å². The second-order valence-electron chi connectivity index (χ2n) is 5.67. The first-order valence-electron chi connectivity index (χ1n) is 7.80. The lowest BCUT2D eigenvalue weighted by Gasteiger charge is -2.12. The number of carboxylic acid groups (broad SMARTS) is 1. The molecule has 0 spiro atoms. The number of rotatable bonds is 5. The first-order valence-corrected chi connectivity index (χ1v) is 7.80. The Hall–Kier alpha value is -3.69. The van der Waals surface area contributed by atoms with Gasteiger partial charge >= 0.3 is 6.16 Å². The summed E-state index contributed by atoms with van der Waals surface area (Å²) in [5.41, 5.74) is 13.7. The van der Waals surface area contributed by atoms with Gasteiger partial charge in [-0.3, -0.25) is 0 Å². The molecule has 0 amide bonds. The third-order valence-corrected chi connectivity index (χ3v) is 4.06. The third kappa shape index (κ3) is 3.24. The number of nitrogen functional groups attached to an aromatic ring is 2. The van der Waals surface area contributed by atoms with Crippen LogP contribution in [0.5, 0.6) is 17.4 Å². The molecule has 0 aliphatic rings.